The molecule has 25 heavy (non-hydrogen) atoms. The van der Waals surface area contributed by atoms with Crippen molar-refractivity contribution in [2.45, 2.75) is 19.4 Å². The normalized spacial score (nSPS) is 12.4. The lowest BCUT2D eigenvalue weighted by Gasteiger charge is -2.16. The van der Waals surface area contributed by atoms with Gasteiger partial charge < -0.3 is 10.3 Å². The van der Waals surface area contributed by atoms with E-state index in [0.29, 0.717) is 6.42 Å². The van der Waals surface area contributed by atoms with Crippen LogP contribution in [-0.2, 0) is 4.79 Å². The fraction of sp³-hybridized carbons (Fsp3) is 0.158. The fourth-order valence-electron chi connectivity index (χ4n) is 2.58. The number of para-hydroxylation sites is 1. The number of benzene rings is 2. The molecular formula is C19H19BrN4O. The molecule has 1 atom stereocenters. The van der Waals surface area contributed by atoms with Gasteiger partial charge in [0.15, 0.2) is 0 Å². The van der Waals surface area contributed by atoms with Crippen molar-refractivity contribution >= 4 is 44.6 Å². The Morgan fingerprint density at radius 2 is 2.12 bits per heavy atom. The molecule has 5 nitrogen and oxygen atoms in total. The SMILES string of the molecule is CC[C@@H](Nc1cccc(Br)c1)C(=O)NN=Cc1c[nH]c2ccccc12. The number of nitrogens with zero attached hydrogens (tertiary/aromatic N) is 1. The zero-order valence-corrected chi connectivity index (χ0v) is 15.4. The van der Waals surface area contributed by atoms with Crippen LogP contribution in [0.15, 0.2) is 64.3 Å². The van der Waals surface area contributed by atoms with E-state index in [1.807, 2.05) is 61.7 Å². The maximum atomic E-state index is 12.3. The topological polar surface area (TPSA) is 69.3 Å². The molecule has 0 spiro atoms. The van der Waals surface area contributed by atoms with Crippen LogP contribution in [0.4, 0.5) is 5.69 Å². The van der Waals surface area contributed by atoms with Crippen molar-refractivity contribution in [3.8, 4) is 0 Å². The van der Waals surface area contributed by atoms with E-state index >= 15 is 0 Å². The van der Waals surface area contributed by atoms with Gasteiger partial charge in [0.25, 0.3) is 5.91 Å². The summed E-state index contributed by atoms with van der Waals surface area (Å²) >= 11 is 3.43. The zero-order valence-electron chi connectivity index (χ0n) is 13.8. The predicted molar refractivity (Wildman–Crippen MR) is 106 cm³/mol. The number of hydrazone groups is 1. The number of rotatable bonds is 6. The van der Waals surface area contributed by atoms with Crippen molar-refractivity contribution in [1.82, 2.24) is 10.4 Å². The molecule has 3 rings (SSSR count). The molecule has 0 radical (unpaired) electrons. The molecule has 3 N–H and O–H groups in total. The van der Waals surface area contributed by atoms with Gasteiger partial charge >= 0.3 is 0 Å². The highest BCUT2D eigenvalue weighted by Gasteiger charge is 2.15. The van der Waals surface area contributed by atoms with Gasteiger partial charge in [-0.2, -0.15) is 5.10 Å². The van der Waals surface area contributed by atoms with Crippen LogP contribution in [-0.4, -0.2) is 23.1 Å². The quantitative estimate of drug-likeness (QED) is 0.428. The van der Waals surface area contributed by atoms with Gasteiger partial charge in [0.2, 0.25) is 0 Å². The van der Waals surface area contributed by atoms with Crippen LogP contribution >= 0.6 is 15.9 Å². The molecule has 128 valence electrons. The van der Waals surface area contributed by atoms with E-state index in [9.17, 15) is 4.79 Å². The Hall–Kier alpha value is -2.60. The average Bonchev–Trinajstić information content (AvgIpc) is 3.03. The molecule has 3 aromatic rings. The van der Waals surface area contributed by atoms with Crippen LogP contribution in [0.1, 0.15) is 18.9 Å². The standard InChI is InChI=1S/C19H19BrN4O/c1-2-17(23-15-7-5-6-14(20)10-15)19(25)24-22-12-13-11-21-18-9-4-3-8-16(13)18/h3-12,17,21,23H,2H2,1H3,(H,24,25)/t17-/m1/s1. The molecule has 0 fully saturated rings. The molecule has 0 bridgehead atoms. The summed E-state index contributed by atoms with van der Waals surface area (Å²) in [5.74, 6) is -0.168. The van der Waals surface area contributed by atoms with Crippen LogP contribution < -0.4 is 10.7 Å². The fourth-order valence-corrected chi connectivity index (χ4v) is 2.98. The Morgan fingerprint density at radius 1 is 1.28 bits per heavy atom. The second-order valence-corrected chi connectivity index (χ2v) is 6.56. The lowest BCUT2D eigenvalue weighted by atomic mass is 10.2. The molecule has 1 heterocycles. The van der Waals surface area contributed by atoms with Crippen molar-refractivity contribution in [2.24, 2.45) is 5.10 Å². The molecule has 1 amide bonds. The van der Waals surface area contributed by atoms with Gasteiger partial charge in [-0.3, -0.25) is 4.79 Å². The molecule has 1 aromatic heterocycles. The number of hydrogen-bond donors (Lipinski definition) is 3. The number of halogens is 1. The summed E-state index contributed by atoms with van der Waals surface area (Å²) in [7, 11) is 0. The lowest BCUT2D eigenvalue weighted by Crippen LogP contribution is -2.36. The smallest absolute Gasteiger partial charge is 0.262 e. The number of H-pyrrole nitrogens is 1. The number of amides is 1. The Kier molecular flexibility index (Phi) is 5.50. The summed E-state index contributed by atoms with van der Waals surface area (Å²) in [5, 5.41) is 8.39. The highest BCUT2D eigenvalue weighted by Crippen LogP contribution is 2.17. The molecule has 0 aliphatic carbocycles. The summed E-state index contributed by atoms with van der Waals surface area (Å²) in [6, 6.07) is 15.3. The van der Waals surface area contributed by atoms with Crippen LogP contribution in [0, 0.1) is 0 Å². The predicted octanol–water partition coefficient (Wildman–Crippen LogP) is 4.27. The van der Waals surface area contributed by atoms with Gasteiger partial charge in [-0.15, -0.1) is 0 Å². The van der Waals surface area contributed by atoms with E-state index in [2.05, 4.69) is 36.8 Å². The van der Waals surface area contributed by atoms with Gasteiger partial charge in [-0.25, -0.2) is 5.43 Å². The van der Waals surface area contributed by atoms with Crippen molar-refractivity contribution in [3.05, 3.63) is 64.8 Å². The number of nitrogens with one attached hydrogen (secondary N) is 3. The third-order valence-electron chi connectivity index (χ3n) is 3.89. The number of carbonyl (C=O) groups excluding carboxylic acids is 1. The summed E-state index contributed by atoms with van der Waals surface area (Å²) in [5.41, 5.74) is 5.47. The second kappa shape index (κ2) is 7.98. The molecule has 0 aliphatic heterocycles. The number of aromatic nitrogens is 1. The van der Waals surface area contributed by atoms with Crippen LogP contribution in [0.3, 0.4) is 0 Å². The first-order valence-electron chi connectivity index (χ1n) is 8.08. The Morgan fingerprint density at radius 3 is 2.92 bits per heavy atom. The van der Waals surface area contributed by atoms with Crippen molar-refractivity contribution in [1.29, 1.82) is 0 Å². The number of fused-ring (bicyclic) bond motifs is 1. The average molecular weight is 399 g/mol. The summed E-state index contributed by atoms with van der Waals surface area (Å²) in [4.78, 5) is 15.5. The van der Waals surface area contributed by atoms with E-state index in [-0.39, 0.29) is 11.9 Å². The van der Waals surface area contributed by atoms with Gasteiger partial charge in [0.05, 0.1) is 6.21 Å². The van der Waals surface area contributed by atoms with E-state index in [0.717, 1.165) is 26.6 Å². The number of aromatic amines is 1. The largest absolute Gasteiger partial charge is 0.374 e. The monoisotopic (exact) mass is 398 g/mol. The molecule has 0 unspecified atom stereocenters. The third kappa shape index (κ3) is 4.28. The van der Waals surface area contributed by atoms with Crippen LogP contribution in [0.5, 0.6) is 0 Å². The van der Waals surface area contributed by atoms with Crippen molar-refractivity contribution in [2.75, 3.05) is 5.32 Å². The molecule has 0 saturated heterocycles. The number of hydrogen-bond acceptors (Lipinski definition) is 3. The molecule has 6 heteroatoms. The van der Waals surface area contributed by atoms with Crippen molar-refractivity contribution in [3.63, 3.8) is 0 Å². The summed E-state index contributed by atoms with van der Waals surface area (Å²) < 4.78 is 0.963. The van der Waals surface area contributed by atoms with Gasteiger partial charge in [0.1, 0.15) is 6.04 Å². The minimum atomic E-state index is -0.352. The summed E-state index contributed by atoms with van der Waals surface area (Å²) in [6.07, 6.45) is 4.18. The number of carbonyl (C=O) groups is 1. The van der Waals surface area contributed by atoms with Crippen molar-refractivity contribution < 1.29 is 4.79 Å². The highest BCUT2D eigenvalue weighted by molar-refractivity contribution is 9.10. The third-order valence-corrected chi connectivity index (χ3v) is 4.38. The first-order valence-corrected chi connectivity index (χ1v) is 8.88. The lowest BCUT2D eigenvalue weighted by molar-refractivity contribution is -0.121. The first-order chi connectivity index (χ1) is 12.2. The van der Waals surface area contributed by atoms with E-state index in [4.69, 9.17) is 0 Å². The van der Waals surface area contributed by atoms with Crippen LogP contribution in [0.25, 0.3) is 10.9 Å². The highest BCUT2D eigenvalue weighted by atomic mass is 79.9. The molecule has 0 aliphatic rings. The Balaban J connectivity index is 1.64. The van der Waals surface area contributed by atoms with Gasteiger partial charge in [-0.1, -0.05) is 47.1 Å². The van der Waals surface area contributed by atoms with Crippen LogP contribution in [0.2, 0.25) is 0 Å². The van der Waals surface area contributed by atoms with Gasteiger partial charge in [-0.05, 0) is 30.7 Å². The molecule has 2 aromatic carbocycles. The van der Waals surface area contributed by atoms with E-state index in [1.165, 1.54) is 0 Å². The maximum absolute atomic E-state index is 12.3. The minimum Gasteiger partial charge on any atom is -0.374 e. The molecule has 0 saturated carbocycles. The minimum absolute atomic E-state index is 0.168. The Labute approximate surface area is 154 Å². The second-order valence-electron chi connectivity index (χ2n) is 5.64. The van der Waals surface area contributed by atoms with E-state index < -0.39 is 0 Å². The Bertz CT molecular complexity index is 903. The van der Waals surface area contributed by atoms with Gasteiger partial charge in [0, 0.05) is 32.8 Å². The number of anilines is 1. The first kappa shape index (κ1) is 17.2. The maximum Gasteiger partial charge on any atom is 0.262 e. The molecular weight excluding hydrogens is 380 g/mol. The zero-order chi connectivity index (χ0) is 17.6. The summed E-state index contributed by atoms with van der Waals surface area (Å²) in [6.45, 7) is 1.96. The van der Waals surface area contributed by atoms with E-state index in [1.54, 1.807) is 6.21 Å².